The van der Waals surface area contributed by atoms with Crippen LogP contribution in [0.1, 0.15) is 25.1 Å². The third-order valence-electron chi connectivity index (χ3n) is 2.97. The molecule has 0 amide bonds. The molecule has 1 heterocycles. The van der Waals surface area contributed by atoms with E-state index in [2.05, 4.69) is 23.8 Å². The van der Waals surface area contributed by atoms with E-state index in [1.54, 1.807) is 7.11 Å². The van der Waals surface area contributed by atoms with Crippen molar-refractivity contribution in [1.82, 2.24) is 9.78 Å². The van der Waals surface area contributed by atoms with Crippen molar-refractivity contribution in [2.24, 2.45) is 18.7 Å². The molecule has 0 saturated carbocycles. The summed E-state index contributed by atoms with van der Waals surface area (Å²) < 4.78 is 7.12. The van der Waals surface area contributed by atoms with Gasteiger partial charge in [0, 0.05) is 39.4 Å². The van der Waals surface area contributed by atoms with Gasteiger partial charge in [0.1, 0.15) is 5.82 Å². The minimum Gasteiger partial charge on any atom is -0.383 e. The quantitative estimate of drug-likeness (QED) is 0.797. The smallest absolute Gasteiger partial charge is 0.131 e. The first-order valence-electron chi connectivity index (χ1n) is 6.47. The van der Waals surface area contributed by atoms with Crippen LogP contribution in [0, 0.1) is 12.8 Å². The molecule has 5 nitrogen and oxygen atoms in total. The Balaban J connectivity index is 3.02. The minimum atomic E-state index is 0.524. The predicted octanol–water partition coefficient (Wildman–Crippen LogP) is 1.30. The van der Waals surface area contributed by atoms with Crippen molar-refractivity contribution in [1.29, 1.82) is 0 Å². The lowest BCUT2D eigenvalue weighted by molar-refractivity contribution is 0.204. The summed E-state index contributed by atoms with van der Waals surface area (Å²) in [5, 5.41) is 4.47. The third kappa shape index (κ3) is 3.46. The van der Waals surface area contributed by atoms with E-state index in [-0.39, 0.29) is 0 Å². The summed E-state index contributed by atoms with van der Waals surface area (Å²) in [6.45, 7) is 9.51. The van der Waals surface area contributed by atoms with Crippen LogP contribution >= 0.6 is 0 Å². The average Bonchev–Trinajstić information content (AvgIpc) is 2.58. The molecule has 0 unspecified atom stereocenters. The van der Waals surface area contributed by atoms with E-state index in [4.69, 9.17) is 10.5 Å². The second-order valence-electron chi connectivity index (χ2n) is 5.05. The second-order valence-corrected chi connectivity index (χ2v) is 5.05. The van der Waals surface area contributed by atoms with Gasteiger partial charge in [-0.05, 0) is 12.8 Å². The molecule has 0 aliphatic carbocycles. The van der Waals surface area contributed by atoms with E-state index in [1.165, 1.54) is 0 Å². The van der Waals surface area contributed by atoms with E-state index in [1.807, 2.05) is 18.7 Å². The lowest BCUT2D eigenvalue weighted by Gasteiger charge is -2.27. The van der Waals surface area contributed by atoms with Crippen molar-refractivity contribution in [3.63, 3.8) is 0 Å². The molecular formula is C13H26N4O. The van der Waals surface area contributed by atoms with E-state index in [9.17, 15) is 0 Å². The summed E-state index contributed by atoms with van der Waals surface area (Å²) in [5.74, 6) is 1.71. The van der Waals surface area contributed by atoms with Crippen LogP contribution in [0.25, 0.3) is 0 Å². The molecule has 5 heteroatoms. The molecule has 0 atom stereocenters. The molecule has 0 saturated heterocycles. The standard InChI is InChI=1S/C13H26N4O/c1-10(2)9-17(6-7-18-5)13-12(8-14)11(3)15-16(13)4/h10H,6-9,14H2,1-5H3. The first kappa shape index (κ1) is 15.0. The average molecular weight is 254 g/mol. The molecule has 0 spiro atoms. The molecule has 1 rings (SSSR count). The van der Waals surface area contributed by atoms with Crippen LogP contribution in [0.15, 0.2) is 0 Å². The molecule has 0 radical (unpaired) electrons. The summed E-state index contributed by atoms with van der Waals surface area (Å²) in [5.41, 5.74) is 8.00. The van der Waals surface area contributed by atoms with Gasteiger partial charge in [-0.2, -0.15) is 5.10 Å². The molecule has 0 aromatic carbocycles. The molecule has 18 heavy (non-hydrogen) atoms. The van der Waals surface area contributed by atoms with Crippen LogP contribution in [0.2, 0.25) is 0 Å². The Morgan fingerprint density at radius 2 is 2.11 bits per heavy atom. The number of rotatable bonds is 7. The zero-order valence-electron chi connectivity index (χ0n) is 12.2. The van der Waals surface area contributed by atoms with E-state index < -0.39 is 0 Å². The number of methoxy groups -OCH3 is 1. The predicted molar refractivity (Wildman–Crippen MR) is 74.8 cm³/mol. The lowest BCUT2D eigenvalue weighted by atomic mass is 10.1. The van der Waals surface area contributed by atoms with Crippen molar-refractivity contribution in [2.75, 3.05) is 31.7 Å². The Hall–Kier alpha value is -1.07. The van der Waals surface area contributed by atoms with Crippen LogP contribution in [0.5, 0.6) is 0 Å². The Kier molecular flexibility index (Phi) is 5.62. The zero-order chi connectivity index (χ0) is 13.7. The van der Waals surface area contributed by atoms with Crippen LogP contribution in [-0.2, 0) is 18.3 Å². The highest BCUT2D eigenvalue weighted by atomic mass is 16.5. The highest BCUT2D eigenvalue weighted by Gasteiger charge is 2.18. The van der Waals surface area contributed by atoms with Gasteiger partial charge >= 0.3 is 0 Å². The van der Waals surface area contributed by atoms with Crippen molar-refractivity contribution in [3.8, 4) is 0 Å². The number of nitrogens with zero attached hydrogens (tertiary/aromatic N) is 3. The van der Waals surface area contributed by atoms with Crippen LogP contribution < -0.4 is 10.6 Å². The molecule has 1 aromatic rings. The number of hydrogen-bond acceptors (Lipinski definition) is 4. The van der Waals surface area contributed by atoms with E-state index in [0.717, 1.165) is 30.2 Å². The van der Waals surface area contributed by atoms with Crippen molar-refractivity contribution in [3.05, 3.63) is 11.3 Å². The fourth-order valence-electron chi connectivity index (χ4n) is 2.25. The fraction of sp³-hybridized carbons (Fsp3) is 0.769. The summed E-state index contributed by atoms with van der Waals surface area (Å²) >= 11 is 0. The summed E-state index contributed by atoms with van der Waals surface area (Å²) in [7, 11) is 3.70. The fourth-order valence-corrected chi connectivity index (χ4v) is 2.25. The molecule has 0 aliphatic rings. The van der Waals surface area contributed by atoms with Gasteiger partial charge in [0.2, 0.25) is 0 Å². The third-order valence-corrected chi connectivity index (χ3v) is 2.97. The Bertz CT molecular complexity index is 373. The molecule has 2 N–H and O–H groups in total. The maximum atomic E-state index is 5.85. The number of hydrogen-bond donors (Lipinski definition) is 1. The molecular weight excluding hydrogens is 228 g/mol. The number of nitrogens with two attached hydrogens (primary N) is 1. The number of aromatic nitrogens is 2. The van der Waals surface area contributed by atoms with Gasteiger partial charge in [0.05, 0.1) is 12.3 Å². The summed E-state index contributed by atoms with van der Waals surface area (Å²) in [6.07, 6.45) is 0. The van der Waals surface area contributed by atoms with Crippen molar-refractivity contribution in [2.45, 2.75) is 27.3 Å². The number of ether oxygens (including phenoxy) is 1. The number of anilines is 1. The van der Waals surface area contributed by atoms with Crippen LogP contribution in [-0.4, -0.2) is 36.6 Å². The van der Waals surface area contributed by atoms with Gasteiger partial charge in [0.15, 0.2) is 0 Å². The van der Waals surface area contributed by atoms with Gasteiger partial charge in [0.25, 0.3) is 0 Å². The van der Waals surface area contributed by atoms with Gasteiger partial charge in [-0.15, -0.1) is 0 Å². The largest absolute Gasteiger partial charge is 0.383 e. The Labute approximate surface area is 110 Å². The summed E-state index contributed by atoms with van der Waals surface area (Å²) in [4.78, 5) is 2.32. The second kappa shape index (κ2) is 6.75. The Morgan fingerprint density at radius 1 is 1.44 bits per heavy atom. The minimum absolute atomic E-state index is 0.524. The first-order valence-corrected chi connectivity index (χ1v) is 6.47. The molecule has 0 aliphatic heterocycles. The number of aryl methyl sites for hydroxylation is 2. The molecule has 104 valence electrons. The zero-order valence-corrected chi connectivity index (χ0v) is 12.2. The van der Waals surface area contributed by atoms with Gasteiger partial charge < -0.3 is 15.4 Å². The first-order chi connectivity index (χ1) is 8.51. The SMILES string of the molecule is COCCN(CC(C)C)c1c(CN)c(C)nn1C. The maximum absolute atomic E-state index is 5.85. The van der Waals surface area contributed by atoms with Gasteiger partial charge in [-0.3, -0.25) is 4.68 Å². The Morgan fingerprint density at radius 3 is 2.61 bits per heavy atom. The van der Waals surface area contributed by atoms with Gasteiger partial charge in [-0.25, -0.2) is 0 Å². The summed E-state index contributed by atoms with van der Waals surface area (Å²) in [6, 6.07) is 0. The maximum Gasteiger partial charge on any atom is 0.131 e. The highest BCUT2D eigenvalue weighted by Crippen LogP contribution is 2.23. The molecule has 0 bridgehead atoms. The van der Waals surface area contributed by atoms with Crippen molar-refractivity contribution < 1.29 is 4.74 Å². The van der Waals surface area contributed by atoms with E-state index >= 15 is 0 Å². The van der Waals surface area contributed by atoms with Crippen molar-refractivity contribution >= 4 is 5.82 Å². The van der Waals surface area contributed by atoms with Gasteiger partial charge in [-0.1, -0.05) is 13.8 Å². The van der Waals surface area contributed by atoms with Crippen LogP contribution in [0.3, 0.4) is 0 Å². The monoisotopic (exact) mass is 254 g/mol. The highest BCUT2D eigenvalue weighted by molar-refractivity contribution is 5.50. The lowest BCUT2D eigenvalue weighted by Crippen LogP contribution is -2.33. The topological polar surface area (TPSA) is 56.3 Å². The molecule has 0 fully saturated rings. The molecule has 1 aromatic heterocycles. The van der Waals surface area contributed by atoms with E-state index in [0.29, 0.717) is 19.1 Å². The van der Waals surface area contributed by atoms with Crippen LogP contribution in [0.4, 0.5) is 5.82 Å². The normalized spacial score (nSPS) is 11.3.